The van der Waals surface area contributed by atoms with Crippen molar-refractivity contribution in [2.75, 3.05) is 0 Å². The lowest BCUT2D eigenvalue weighted by molar-refractivity contribution is 0.0203. The molecule has 3 heteroatoms. The molecular weight excluding hydrogens is 336 g/mol. The number of fused-ring (bicyclic) bond motifs is 1. The first-order valence-electron chi connectivity index (χ1n) is 10.7. The van der Waals surface area contributed by atoms with Crippen LogP contribution in [0.1, 0.15) is 72.6 Å². The summed E-state index contributed by atoms with van der Waals surface area (Å²) < 4.78 is 6.59. The Morgan fingerprint density at radius 1 is 1.35 bits per heavy atom. The maximum atomic E-state index is 10.4. The van der Waals surface area contributed by atoms with Crippen LogP contribution in [0.2, 0.25) is 19.6 Å². The summed E-state index contributed by atoms with van der Waals surface area (Å²) in [7, 11) is -1.51. The first kappa shape index (κ1) is 21.7. The summed E-state index contributed by atoms with van der Waals surface area (Å²) in [6.07, 6.45) is 10.1. The summed E-state index contributed by atoms with van der Waals surface area (Å²) in [5, 5.41) is 10.4. The van der Waals surface area contributed by atoms with E-state index >= 15 is 0 Å². The minimum absolute atomic E-state index is 0.273. The molecule has 2 rings (SSSR count). The van der Waals surface area contributed by atoms with Gasteiger partial charge in [0.1, 0.15) is 5.60 Å². The molecule has 1 N–H and O–H groups in total. The maximum absolute atomic E-state index is 10.4. The fourth-order valence-corrected chi connectivity index (χ4v) is 6.18. The number of allylic oxidation sites excluding steroid dienone is 2. The van der Waals surface area contributed by atoms with Gasteiger partial charge in [0.25, 0.3) is 0 Å². The van der Waals surface area contributed by atoms with E-state index in [-0.39, 0.29) is 5.41 Å². The molecule has 0 bridgehead atoms. The van der Waals surface area contributed by atoms with Gasteiger partial charge in [-0.1, -0.05) is 57.6 Å². The van der Waals surface area contributed by atoms with Crippen LogP contribution in [0.4, 0.5) is 0 Å². The minimum Gasteiger partial charge on any atom is -0.414 e. The van der Waals surface area contributed by atoms with Gasteiger partial charge in [-0.2, -0.15) is 0 Å². The molecule has 0 amide bonds. The van der Waals surface area contributed by atoms with Gasteiger partial charge in [0, 0.05) is 12.5 Å². The Morgan fingerprint density at radius 3 is 2.58 bits per heavy atom. The predicted octanol–water partition coefficient (Wildman–Crippen LogP) is 5.92. The Hall–Kier alpha value is -0.563. The lowest BCUT2D eigenvalue weighted by atomic mass is 9.63. The van der Waals surface area contributed by atoms with Gasteiger partial charge in [-0.15, -0.1) is 0 Å². The third kappa shape index (κ3) is 4.83. The molecule has 0 aromatic heterocycles. The van der Waals surface area contributed by atoms with E-state index in [0.717, 1.165) is 12.8 Å². The van der Waals surface area contributed by atoms with E-state index in [1.807, 2.05) is 13.8 Å². The molecule has 2 aliphatic rings. The van der Waals surface area contributed by atoms with Crippen molar-refractivity contribution in [2.45, 2.75) is 104 Å². The first-order valence-corrected chi connectivity index (χ1v) is 14.1. The van der Waals surface area contributed by atoms with Crippen LogP contribution in [0.3, 0.4) is 0 Å². The lowest BCUT2D eigenvalue weighted by Crippen LogP contribution is -2.45. The monoisotopic (exact) mass is 376 g/mol. The molecule has 1 saturated carbocycles. The van der Waals surface area contributed by atoms with Crippen LogP contribution in [0.15, 0.2) is 11.6 Å². The van der Waals surface area contributed by atoms with Crippen molar-refractivity contribution in [3.63, 3.8) is 0 Å². The van der Waals surface area contributed by atoms with E-state index in [2.05, 4.69) is 51.4 Å². The average Bonchev–Trinajstić information content (AvgIpc) is 2.91. The Balaban J connectivity index is 2.08. The molecule has 148 valence electrons. The molecule has 0 aromatic carbocycles. The molecule has 0 saturated heterocycles. The SMILES string of the molecule is CCC(O)(C#CC[C@@H](C)C1=CC[C@H]2[C@@H](O[Si](C)(C)C)CCC[C@]12C)CC. The number of hydrogen-bond acceptors (Lipinski definition) is 2. The third-order valence-corrected chi connectivity index (χ3v) is 7.65. The zero-order chi connectivity index (χ0) is 19.6. The van der Waals surface area contributed by atoms with Crippen molar-refractivity contribution in [3.8, 4) is 11.8 Å². The zero-order valence-electron chi connectivity index (χ0n) is 18.1. The number of rotatable bonds is 6. The van der Waals surface area contributed by atoms with E-state index < -0.39 is 13.9 Å². The van der Waals surface area contributed by atoms with Gasteiger partial charge in [-0.05, 0) is 69.0 Å². The Bertz CT molecular complexity index is 573. The van der Waals surface area contributed by atoms with Gasteiger partial charge in [0.05, 0.1) is 0 Å². The molecule has 1 fully saturated rings. The summed E-state index contributed by atoms with van der Waals surface area (Å²) in [5.74, 6) is 7.53. The van der Waals surface area contributed by atoms with Crippen molar-refractivity contribution in [2.24, 2.45) is 17.3 Å². The van der Waals surface area contributed by atoms with E-state index in [1.54, 1.807) is 5.57 Å². The molecule has 0 aromatic rings. The highest BCUT2D eigenvalue weighted by Gasteiger charge is 2.49. The van der Waals surface area contributed by atoms with Crippen LogP contribution >= 0.6 is 0 Å². The molecule has 0 aliphatic heterocycles. The summed E-state index contributed by atoms with van der Waals surface area (Å²) in [6.45, 7) is 15.7. The molecule has 0 unspecified atom stereocenters. The second-order valence-corrected chi connectivity index (χ2v) is 14.2. The smallest absolute Gasteiger partial charge is 0.184 e. The highest BCUT2D eigenvalue weighted by Crippen LogP contribution is 2.55. The van der Waals surface area contributed by atoms with Crippen molar-refractivity contribution in [1.82, 2.24) is 0 Å². The van der Waals surface area contributed by atoms with Crippen LogP contribution in [-0.4, -0.2) is 25.1 Å². The molecule has 0 radical (unpaired) electrons. The van der Waals surface area contributed by atoms with Gasteiger partial charge in [-0.25, -0.2) is 0 Å². The highest BCUT2D eigenvalue weighted by molar-refractivity contribution is 6.69. The first-order chi connectivity index (χ1) is 12.0. The minimum atomic E-state index is -1.51. The summed E-state index contributed by atoms with van der Waals surface area (Å²) in [5.41, 5.74) is 1.06. The number of hydrogen-bond donors (Lipinski definition) is 1. The second-order valence-electron chi connectivity index (χ2n) is 9.73. The Labute approximate surface area is 162 Å². The highest BCUT2D eigenvalue weighted by atomic mass is 28.4. The van der Waals surface area contributed by atoms with Gasteiger partial charge < -0.3 is 9.53 Å². The quantitative estimate of drug-likeness (QED) is 0.354. The van der Waals surface area contributed by atoms with Crippen molar-refractivity contribution in [3.05, 3.63) is 11.6 Å². The standard InChI is InChI=1S/C23H40O2Si/c1-8-23(24,9-2)17-10-12-18(3)19-14-15-20-21(25-26(5,6)7)13-11-16-22(19,20)4/h14,18,20-21,24H,8-9,11-13,15-16H2,1-7H3/t18-,20+,21+,22-/m1/s1. The van der Waals surface area contributed by atoms with E-state index in [0.29, 0.717) is 30.8 Å². The lowest BCUT2D eigenvalue weighted by Gasteiger charge is -2.46. The molecule has 26 heavy (non-hydrogen) atoms. The van der Waals surface area contributed by atoms with Gasteiger partial charge in [0.15, 0.2) is 8.32 Å². The topological polar surface area (TPSA) is 29.5 Å². The van der Waals surface area contributed by atoms with Gasteiger partial charge in [0.2, 0.25) is 0 Å². The summed E-state index contributed by atoms with van der Waals surface area (Å²) in [4.78, 5) is 0. The predicted molar refractivity (Wildman–Crippen MR) is 113 cm³/mol. The molecule has 0 heterocycles. The van der Waals surface area contributed by atoms with E-state index in [4.69, 9.17) is 4.43 Å². The van der Waals surface area contributed by atoms with E-state index in [9.17, 15) is 5.11 Å². The van der Waals surface area contributed by atoms with E-state index in [1.165, 1.54) is 19.3 Å². The van der Waals surface area contributed by atoms with Crippen molar-refractivity contribution < 1.29 is 9.53 Å². The van der Waals surface area contributed by atoms with Crippen LogP contribution < -0.4 is 0 Å². The molecule has 2 aliphatic carbocycles. The normalized spacial score (nSPS) is 30.2. The largest absolute Gasteiger partial charge is 0.414 e. The average molecular weight is 377 g/mol. The van der Waals surface area contributed by atoms with Crippen molar-refractivity contribution in [1.29, 1.82) is 0 Å². The van der Waals surface area contributed by atoms with Crippen LogP contribution in [-0.2, 0) is 4.43 Å². The van der Waals surface area contributed by atoms with Gasteiger partial charge >= 0.3 is 0 Å². The Kier molecular flexibility index (Phi) is 6.86. The summed E-state index contributed by atoms with van der Waals surface area (Å²) in [6, 6.07) is 0. The molecule has 0 spiro atoms. The Morgan fingerprint density at radius 2 is 2.00 bits per heavy atom. The molecule has 4 atom stereocenters. The third-order valence-electron chi connectivity index (χ3n) is 6.64. The van der Waals surface area contributed by atoms with Gasteiger partial charge in [-0.3, -0.25) is 0 Å². The fraction of sp³-hybridized carbons (Fsp3) is 0.826. The maximum Gasteiger partial charge on any atom is 0.184 e. The second kappa shape index (κ2) is 8.21. The van der Waals surface area contributed by atoms with Crippen molar-refractivity contribution >= 4 is 8.32 Å². The zero-order valence-corrected chi connectivity index (χ0v) is 19.1. The van der Waals surface area contributed by atoms with Crippen LogP contribution in [0.5, 0.6) is 0 Å². The van der Waals surface area contributed by atoms with Crippen LogP contribution in [0, 0.1) is 29.1 Å². The molecular formula is C23H40O2Si. The fourth-order valence-electron chi connectivity index (χ4n) is 4.99. The number of aliphatic hydroxyl groups is 1. The summed E-state index contributed by atoms with van der Waals surface area (Å²) >= 11 is 0. The van der Waals surface area contributed by atoms with Crippen LogP contribution in [0.25, 0.3) is 0 Å². The molecule has 2 nitrogen and oxygen atoms in total.